The minimum absolute atomic E-state index is 0.0147. The molecule has 11 heavy (non-hydrogen) atoms. The van der Waals surface area contributed by atoms with Crippen LogP contribution in [0.2, 0.25) is 0 Å². The maximum Gasteiger partial charge on any atom is 0.122 e. The third kappa shape index (κ3) is 5.94. The van der Waals surface area contributed by atoms with Crippen molar-refractivity contribution in [2.24, 2.45) is 5.41 Å². The molecule has 0 aliphatic heterocycles. The van der Waals surface area contributed by atoms with Gasteiger partial charge in [0.25, 0.3) is 0 Å². The summed E-state index contributed by atoms with van der Waals surface area (Å²) in [5, 5.41) is 9.51. The molecule has 0 spiro atoms. The molecule has 1 atom stereocenters. The van der Waals surface area contributed by atoms with Crippen LogP contribution in [0.1, 0.15) is 41.0 Å². The minimum atomic E-state index is -0.812. The fourth-order valence-corrected chi connectivity index (χ4v) is 0.411. The SMILES string of the molecule is CCC(C)(O)C#CC(C)(C)C. The van der Waals surface area contributed by atoms with Gasteiger partial charge in [0.15, 0.2) is 0 Å². The smallest absolute Gasteiger partial charge is 0.122 e. The fraction of sp³-hybridized carbons (Fsp3) is 0.800. The van der Waals surface area contributed by atoms with Crippen LogP contribution in [0.25, 0.3) is 0 Å². The molecule has 1 unspecified atom stereocenters. The van der Waals surface area contributed by atoms with Gasteiger partial charge < -0.3 is 5.11 Å². The van der Waals surface area contributed by atoms with Crippen LogP contribution >= 0.6 is 0 Å². The molecule has 0 heterocycles. The van der Waals surface area contributed by atoms with Crippen LogP contribution in [-0.4, -0.2) is 10.7 Å². The summed E-state index contributed by atoms with van der Waals surface area (Å²) in [6.45, 7) is 9.77. The Morgan fingerprint density at radius 2 is 1.55 bits per heavy atom. The summed E-state index contributed by atoms with van der Waals surface area (Å²) >= 11 is 0. The average molecular weight is 154 g/mol. The third-order valence-electron chi connectivity index (χ3n) is 1.40. The zero-order chi connectivity index (χ0) is 9.12. The lowest BCUT2D eigenvalue weighted by molar-refractivity contribution is 0.117. The van der Waals surface area contributed by atoms with E-state index in [2.05, 4.69) is 11.8 Å². The van der Waals surface area contributed by atoms with Crippen LogP contribution in [0, 0.1) is 17.3 Å². The normalized spacial score (nSPS) is 16.5. The zero-order valence-electron chi connectivity index (χ0n) is 8.15. The Morgan fingerprint density at radius 3 is 1.82 bits per heavy atom. The summed E-state index contributed by atoms with van der Waals surface area (Å²) in [6.07, 6.45) is 0.677. The Morgan fingerprint density at radius 1 is 1.09 bits per heavy atom. The molecule has 1 nitrogen and oxygen atoms in total. The highest BCUT2D eigenvalue weighted by molar-refractivity contribution is 5.15. The lowest BCUT2D eigenvalue weighted by Gasteiger charge is -2.14. The highest BCUT2D eigenvalue weighted by atomic mass is 16.3. The van der Waals surface area contributed by atoms with E-state index in [-0.39, 0.29) is 5.41 Å². The van der Waals surface area contributed by atoms with E-state index in [0.717, 1.165) is 0 Å². The van der Waals surface area contributed by atoms with Gasteiger partial charge in [-0.1, -0.05) is 18.8 Å². The maximum absolute atomic E-state index is 9.51. The standard InChI is InChI=1S/C10H18O/c1-6-10(5,11)8-7-9(2,3)4/h11H,6H2,1-5H3. The van der Waals surface area contributed by atoms with Crippen molar-refractivity contribution < 1.29 is 5.11 Å². The van der Waals surface area contributed by atoms with Crippen LogP contribution in [0.5, 0.6) is 0 Å². The van der Waals surface area contributed by atoms with Crippen LogP contribution in [0.15, 0.2) is 0 Å². The zero-order valence-corrected chi connectivity index (χ0v) is 8.15. The lowest BCUT2D eigenvalue weighted by atomic mass is 9.95. The van der Waals surface area contributed by atoms with Gasteiger partial charge in [-0.3, -0.25) is 0 Å². The van der Waals surface area contributed by atoms with Crippen molar-refractivity contribution in [3.8, 4) is 11.8 Å². The first-order valence-electron chi connectivity index (χ1n) is 4.03. The van der Waals surface area contributed by atoms with Gasteiger partial charge >= 0.3 is 0 Å². The molecule has 0 rings (SSSR count). The average Bonchev–Trinajstić information content (AvgIpc) is 1.83. The first kappa shape index (κ1) is 10.5. The van der Waals surface area contributed by atoms with Crippen molar-refractivity contribution in [3.05, 3.63) is 0 Å². The van der Waals surface area contributed by atoms with Crippen molar-refractivity contribution in [1.29, 1.82) is 0 Å². The monoisotopic (exact) mass is 154 g/mol. The van der Waals surface area contributed by atoms with E-state index in [1.165, 1.54) is 0 Å². The van der Waals surface area contributed by atoms with Crippen molar-refractivity contribution in [2.75, 3.05) is 0 Å². The maximum atomic E-state index is 9.51. The molecule has 0 radical (unpaired) electrons. The predicted molar refractivity (Wildman–Crippen MR) is 48.1 cm³/mol. The van der Waals surface area contributed by atoms with Gasteiger partial charge in [-0.05, 0) is 34.1 Å². The third-order valence-corrected chi connectivity index (χ3v) is 1.40. The van der Waals surface area contributed by atoms with Gasteiger partial charge in [-0.15, -0.1) is 0 Å². The first-order chi connectivity index (χ1) is 4.77. The summed E-state index contributed by atoms with van der Waals surface area (Å²) in [5.74, 6) is 5.87. The molecule has 0 fully saturated rings. The van der Waals surface area contributed by atoms with Gasteiger partial charge in [-0.25, -0.2) is 0 Å². The van der Waals surface area contributed by atoms with E-state index in [1.54, 1.807) is 6.92 Å². The van der Waals surface area contributed by atoms with Gasteiger partial charge in [0, 0.05) is 5.41 Å². The molecule has 64 valence electrons. The van der Waals surface area contributed by atoms with Crippen molar-refractivity contribution in [2.45, 2.75) is 46.6 Å². The lowest BCUT2D eigenvalue weighted by Crippen LogP contribution is -2.20. The summed E-state index contributed by atoms with van der Waals surface area (Å²) < 4.78 is 0. The van der Waals surface area contributed by atoms with E-state index in [0.29, 0.717) is 6.42 Å². The Balaban J connectivity index is 4.29. The van der Waals surface area contributed by atoms with Gasteiger partial charge in [0.05, 0.1) is 0 Å². The van der Waals surface area contributed by atoms with Crippen LogP contribution in [0.4, 0.5) is 0 Å². The van der Waals surface area contributed by atoms with Gasteiger partial charge in [-0.2, -0.15) is 0 Å². The fourth-order valence-electron chi connectivity index (χ4n) is 0.411. The number of hydrogen-bond acceptors (Lipinski definition) is 1. The number of rotatable bonds is 1. The van der Waals surface area contributed by atoms with Crippen LogP contribution < -0.4 is 0 Å². The molecule has 0 saturated carbocycles. The molecule has 0 bridgehead atoms. The highest BCUT2D eigenvalue weighted by Gasteiger charge is 2.14. The Hall–Kier alpha value is -0.480. The number of aliphatic hydroxyl groups is 1. The van der Waals surface area contributed by atoms with Crippen LogP contribution in [0.3, 0.4) is 0 Å². The molecular weight excluding hydrogens is 136 g/mol. The highest BCUT2D eigenvalue weighted by Crippen LogP contribution is 2.13. The summed E-state index contributed by atoms with van der Waals surface area (Å²) in [7, 11) is 0. The predicted octanol–water partition coefficient (Wildman–Crippen LogP) is 2.20. The Bertz CT molecular complexity index is 173. The molecule has 0 aliphatic carbocycles. The van der Waals surface area contributed by atoms with Crippen LogP contribution in [-0.2, 0) is 0 Å². The molecule has 0 aromatic rings. The van der Waals surface area contributed by atoms with E-state index >= 15 is 0 Å². The van der Waals surface area contributed by atoms with Crippen molar-refractivity contribution >= 4 is 0 Å². The van der Waals surface area contributed by atoms with Crippen molar-refractivity contribution in [1.82, 2.24) is 0 Å². The molecule has 0 aromatic heterocycles. The molecule has 1 N–H and O–H groups in total. The second-order valence-electron chi connectivity index (χ2n) is 4.13. The molecule has 0 amide bonds. The van der Waals surface area contributed by atoms with Crippen molar-refractivity contribution in [3.63, 3.8) is 0 Å². The number of hydrogen-bond donors (Lipinski definition) is 1. The molecule has 0 saturated heterocycles. The quantitative estimate of drug-likeness (QED) is 0.574. The molecule has 0 aromatic carbocycles. The van der Waals surface area contributed by atoms with E-state index in [4.69, 9.17) is 0 Å². The van der Waals surface area contributed by atoms with E-state index in [9.17, 15) is 5.11 Å². The largest absolute Gasteiger partial charge is 0.378 e. The van der Waals surface area contributed by atoms with E-state index < -0.39 is 5.60 Å². The molecule has 0 aliphatic rings. The first-order valence-corrected chi connectivity index (χ1v) is 4.03. The second-order valence-corrected chi connectivity index (χ2v) is 4.13. The minimum Gasteiger partial charge on any atom is -0.378 e. The van der Waals surface area contributed by atoms with Gasteiger partial charge in [0.2, 0.25) is 0 Å². The summed E-state index contributed by atoms with van der Waals surface area (Å²) in [4.78, 5) is 0. The second kappa shape index (κ2) is 3.28. The molecular formula is C10H18O. The Kier molecular flexibility index (Phi) is 3.13. The summed E-state index contributed by atoms with van der Waals surface area (Å²) in [5.41, 5.74) is -0.827. The van der Waals surface area contributed by atoms with Gasteiger partial charge in [0.1, 0.15) is 5.60 Å². The Labute approximate surface area is 69.8 Å². The summed E-state index contributed by atoms with van der Waals surface area (Å²) in [6, 6.07) is 0. The topological polar surface area (TPSA) is 20.2 Å². The van der Waals surface area contributed by atoms with E-state index in [1.807, 2.05) is 27.7 Å². The molecule has 1 heteroatoms.